The van der Waals surface area contributed by atoms with Gasteiger partial charge >= 0.3 is 0 Å². The van der Waals surface area contributed by atoms with Crippen molar-refractivity contribution in [1.82, 2.24) is 0 Å². The first-order valence-electron chi connectivity index (χ1n) is 6.26. The predicted octanol–water partition coefficient (Wildman–Crippen LogP) is 3.05. The second-order valence-electron chi connectivity index (χ2n) is 4.29. The second kappa shape index (κ2) is 6.00. The van der Waals surface area contributed by atoms with E-state index in [9.17, 15) is 10.1 Å². The van der Waals surface area contributed by atoms with Gasteiger partial charge in [0, 0.05) is 32.3 Å². The minimum Gasteiger partial charge on any atom is -0.457 e. The fraction of sp³-hybridized carbons (Fsp3) is 0.143. The molecule has 0 aliphatic rings. The fourth-order valence-electron chi connectivity index (χ4n) is 1.89. The Morgan fingerprint density at radius 2 is 1.62 bits per heavy atom. The van der Waals surface area contributed by atoms with Gasteiger partial charge in [0.2, 0.25) is 0 Å². The molecule has 7 heteroatoms. The summed E-state index contributed by atoms with van der Waals surface area (Å²) >= 11 is 0. The molecular weight excluding hydrogens is 272 g/mol. The third-order valence-corrected chi connectivity index (χ3v) is 2.96. The number of anilines is 3. The summed E-state index contributed by atoms with van der Waals surface area (Å²) in [4.78, 5) is 10.4. The summed E-state index contributed by atoms with van der Waals surface area (Å²) in [6, 6.07) is 9.75. The van der Waals surface area contributed by atoms with Gasteiger partial charge in [-0.3, -0.25) is 10.1 Å². The first-order valence-corrected chi connectivity index (χ1v) is 6.26. The minimum absolute atomic E-state index is 0.00179. The summed E-state index contributed by atoms with van der Waals surface area (Å²) in [5, 5.41) is 16.6. The normalized spacial score (nSPS) is 10.0. The molecule has 4 N–H and O–H groups in total. The maximum absolute atomic E-state index is 10.9. The van der Waals surface area contributed by atoms with Crippen molar-refractivity contribution in [2.24, 2.45) is 0 Å². The van der Waals surface area contributed by atoms with Crippen molar-refractivity contribution < 1.29 is 9.66 Å². The number of ether oxygens (including phenoxy) is 1. The van der Waals surface area contributed by atoms with Crippen LogP contribution >= 0.6 is 0 Å². The summed E-state index contributed by atoms with van der Waals surface area (Å²) in [6.45, 7) is 0. The third-order valence-electron chi connectivity index (χ3n) is 2.96. The third kappa shape index (κ3) is 3.14. The SMILES string of the molecule is CNc1cc(Oc2ccc([N+](=O)[O-])c(NC)c2)ccc1N. The highest BCUT2D eigenvalue weighted by molar-refractivity contribution is 5.68. The van der Waals surface area contributed by atoms with Gasteiger partial charge in [-0.25, -0.2) is 0 Å². The van der Waals surface area contributed by atoms with E-state index in [1.165, 1.54) is 6.07 Å². The van der Waals surface area contributed by atoms with Crippen LogP contribution in [0.1, 0.15) is 0 Å². The van der Waals surface area contributed by atoms with Crippen molar-refractivity contribution in [1.29, 1.82) is 0 Å². The standard InChI is InChI=1S/C14H16N4O3/c1-16-12-7-9(3-5-11(12)15)21-10-4-6-14(18(19)20)13(8-10)17-2/h3-8,16-17H,15H2,1-2H3. The Hall–Kier alpha value is -2.96. The van der Waals surface area contributed by atoms with Crippen molar-refractivity contribution in [2.75, 3.05) is 30.5 Å². The van der Waals surface area contributed by atoms with Crippen LogP contribution in [0.15, 0.2) is 36.4 Å². The molecule has 0 amide bonds. The fourth-order valence-corrected chi connectivity index (χ4v) is 1.89. The monoisotopic (exact) mass is 288 g/mol. The van der Waals surface area contributed by atoms with Gasteiger partial charge in [-0.15, -0.1) is 0 Å². The molecule has 0 aromatic heterocycles. The molecule has 0 saturated carbocycles. The molecule has 0 spiro atoms. The highest BCUT2D eigenvalue weighted by Crippen LogP contribution is 2.32. The average molecular weight is 288 g/mol. The summed E-state index contributed by atoms with van der Waals surface area (Å²) < 4.78 is 5.69. The number of nitrogens with zero attached hydrogens (tertiary/aromatic N) is 1. The van der Waals surface area contributed by atoms with Gasteiger partial charge in [0.25, 0.3) is 5.69 Å². The van der Waals surface area contributed by atoms with Crippen LogP contribution in [0.5, 0.6) is 11.5 Å². The number of nitro benzene ring substituents is 1. The second-order valence-corrected chi connectivity index (χ2v) is 4.29. The summed E-state index contributed by atoms with van der Waals surface area (Å²) in [6.07, 6.45) is 0. The van der Waals surface area contributed by atoms with Crippen molar-refractivity contribution in [3.63, 3.8) is 0 Å². The van der Waals surface area contributed by atoms with Crippen LogP contribution in [0.4, 0.5) is 22.7 Å². The Kier molecular flexibility index (Phi) is 4.13. The van der Waals surface area contributed by atoms with Gasteiger partial charge in [0.1, 0.15) is 17.2 Å². The van der Waals surface area contributed by atoms with Gasteiger partial charge in [-0.2, -0.15) is 0 Å². The molecule has 0 aliphatic carbocycles. The smallest absolute Gasteiger partial charge is 0.292 e. The van der Waals surface area contributed by atoms with E-state index in [2.05, 4.69) is 10.6 Å². The van der Waals surface area contributed by atoms with Gasteiger partial charge in [-0.1, -0.05) is 0 Å². The van der Waals surface area contributed by atoms with Gasteiger partial charge in [-0.05, 0) is 18.2 Å². The first-order chi connectivity index (χ1) is 10.0. The molecule has 0 atom stereocenters. The molecule has 0 unspecified atom stereocenters. The van der Waals surface area contributed by atoms with Crippen LogP contribution in [-0.2, 0) is 0 Å². The van der Waals surface area contributed by atoms with E-state index in [1.54, 1.807) is 44.4 Å². The molecule has 2 aromatic carbocycles. The minimum atomic E-state index is -0.446. The number of rotatable bonds is 5. The lowest BCUT2D eigenvalue weighted by molar-refractivity contribution is -0.384. The van der Waals surface area contributed by atoms with Crippen LogP contribution < -0.4 is 21.1 Å². The van der Waals surface area contributed by atoms with Gasteiger partial charge in [0.15, 0.2) is 0 Å². The average Bonchev–Trinajstić information content (AvgIpc) is 2.48. The Morgan fingerprint density at radius 1 is 1.05 bits per heavy atom. The predicted molar refractivity (Wildman–Crippen MR) is 83.1 cm³/mol. The van der Waals surface area contributed by atoms with Gasteiger partial charge < -0.3 is 21.1 Å². The zero-order valence-electron chi connectivity index (χ0n) is 11.7. The lowest BCUT2D eigenvalue weighted by Crippen LogP contribution is -1.98. The van der Waals surface area contributed by atoms with E-state index >= 15 is 0 Å². The zero-order valence-corrected chi connectivity index (χ0v) is 11.7. The largest absolute Gasteiger partial charge is 0.457 e. The van der Waals surface area contributed by atoms with Crippen LogP contribution in [0.2, 0.25) is 0 Å². The number of nitro groups is 1. The quantitative estimate of drug-likeness (QED) is 0.444. The first kappa shape index (κ1) is 14.4. The lowest BCUT2D eigenvalue weighted by Gasteiger charge is -2.11. The molecule has 0 bridgehead atoms. The highest BCUT2D eigenvalue weighted by atomic mass is 16.6. The maximum atomic E-state index is 10.9. The molecule has 0 heterocycles. The van der Waals surface area contributed by atoms with Crippen molar-refractivity contribution >= 4 is 22.7 Å². The van der Waals surface area contributed by atoms with E-state index in [1.807, 2.05) is 0 Å². The molecule has 7 nitrogen and oxygen atoms in total. The van der Waals surface area contributed by atoms with E-state index in [4.69, 9.17) is 10.5 Å². The molecule has 0 radical (unpaired) electrons. The molecular formula is C14H16N4O3. The Labute approximate surface area is 121 Å². The number of benzene rings is 2. The molecule has 0 fully saturated rings. The number of hydrogen-bond acceptors (Lipinski definition) is 6. The number of hydrogen-bond donors (Lipinski definition) is 3. The summed E-state index contributed by atoms with van der Waals surface area (Å²) in [7, 11) is 3.38. The lowest BCUT2D eigenvalue weighted by atomic mass is 10.2. The maximum Gasteiger partial charge on any atom is 0.292 e. The molecule has 110 valence electrons. The Balaban J connectivity index is 2.29. The van der Waals surface area contributed by atoms with Crippen LogP contribution in [-0.4, -0.2) is 19.0 Å². The molecule has 2 rings (SSSR count). The number of nitrogens with two attached hydrogens (primary N) is 1. The van der Waals surface area contributed by atoms with Crippen LogP contribution in [0.3, 0.4) is 0 Å². The summed E-state index contributed by atoms with van der Waals surface area (Å²) in [5.74, 6) is 1.08. The number of nitrogen functional groups attached to an aromatic ring is 1. The molecule has 0 saturated heterocycles. The molecule has 0 aliphatic heterocycles. The van der Waals surface area contributed by atoms with E-state index in [0.717, 1.165) is 5.69 Å². The van der Waals surface area contributed by atoms with Crippen LogP contribution in [0, 0.1) is 10.1 Å². The van der Waals surface area contributed by atoms with Crippen molar-refractivity contribution in [3.05, 3.63) is 46.5 Å². The highest BCUT2D eigenvalue weighted by Gasteiger charge is 2.13. The van der Waals surface area contributed by atoms with Gasteiger partial charge in [0.05, 0.1) is 16.3 Å². The Morgan fingerprint density at radius 3 is 2.19 bits per heavy atom. The topological polar surface area (TPSA) is 102 Å². The summed E-state index contributed by atoms with van der Waals surface area (Å²) in [5.41, 5.74) is 7.55. The van der Waals surface area contributed by atoms with Crippen molar-refractivity contribution in [3.8, 4) is 11.5 Å². The Bertz CT molecular complexity index is 673. The zero-order chi connectivity index (χ0) is 15.4. The number of nitrogens with one attached hydrogen (secondary N) is 2. The van der Waals surface area contributed by atoms with Crippen LogP contribution in [0.25, 0.3) is 0 Å². The van der Waals surface area contributed by atoms with E-state index < -0.39 is 4.92 Å². The van der Waals surface area contributed by atoms with Crippen molar-refractivity contribution in [2.45, 2.75) is 0 Å². The molecule has 2 aromatic rings. The van der Waals surface area contributed by atoms with E-state index in [0.29, 0.717) is 22.9 Å². The van der Waals surface area contributed by atoms with E-state index in [-0.39, 0.29) is 5.69 Å². The molecule has 21 heavy (non-hydrogen) atoms.